The highest BCUT2D eigenvalue weighted by Gasteiger charge is 2.21. The van der Waals surface area contributed by atoms with Gasteiger partial charge in [0.05, 0.1) is 0 Å². The van der Waals surface area contributed by atoms with Gasteiger partial charge in [0.1, 0.15) is 0 Å². The zero-order valence-electron chi connectivity index (χ0n) is 34.0. The van der Waals surface area contributed by atoms with Crippen LogP contribution in [0.3, 0.4) is 0 Å². The van der Waals surface area contributed by atoms with Gasteiger partial charge in [-0.1, -0.05) is 188 Å². The van der Waals surface area contributed by atoms with E-state index in [1.54, 1.807) is 0 Å². The van der Waals surface area contributed by atoms with Gasteiger partial charge in [0.2, 0.25) is 0 Å². The number of aromatic nitrogens is 2. The molecule has 11 aromatic rings. The van der Waals surface area contributed by atoms with E-state index in [1.807, 2.05) is 30.6 Å². The van der Waals surface area contributed by atoms with Crippen molar-refractivity contribution in [3.8, 4) is 89.3 Å². The van der Waals surface area contributed by atoms with Crippen LogP contribution in [0.2, 0.25) is 0 Å². The Balaban J connectivity index is 1.22. The summed E-state index contributed by atoms with van der Waals surface area (Å²) in [5, 5.41) is 4.69. The zero-order chi connectivity index (χ0) is 41.2. The van der Waals surface area contributed by atoms with Crippen LogP contribution in [-0.2, 0) is 0 Å². The van der Waals surface area contributed by atoms with Gasteiger partial charge in [-0.25, -0.2) is 9.97 Å². The SMILES string of the molecule is c1ccc(-c2cnc(-c3ccc4c(-c5cc(-c6ccccc6)cc(-c6ccccc6)c5)c5ccccc5c(-c5cc(-c6ccccc6)cc(-c6ccccc6)c5)c4c3)nc2)cc1. The lowest BCUT2D eigenvalue weighted by atomic mass is 9.83. The minimum Gasteiger partial charge on any atom is -0.236 e. The van der Waals surface area contributed by atoms with Crippen molar-refractivity contribution in [2.75, 3.05) is 0 Å². The first-order valence-electron chi connectivity index (χ1n) is 21.1. The van der Waals surface area contributed by atoms with Gasteiger partial charge < -0.3 is 0 Å². The highest BCUT2D eigenvalue weighted by atomic mass is 14.9. The number of benzene rings is 10. The molecule has 0 saturated heterocycles. The lowest BCUT2D eigenvalue weighted by molar-refractivity contribution is 1.18. The molecule has 0 N–H and O–H groups in total. The second kappa shape index (κ2) is 16.1. The fourth-order valence-electron chi connectivity index (χ4n) is 8.93. The Morgan fingerprint density at radius 3 is 0.887 bits per heavy atom. The molecule has 0 aliphatic carbocycles. The maximum Gasteiger partial charge on any atom is 0.159 e. The fraction of sp³-hybridized carbons (Fsp3) is 0. The van der Waals surface area contributed by atoms with Crippen LogP contribution in [0.5, 0.6) is 0 Å². The van der Waals surface area contributed by atoms with Gasteiger partial charge in [-0.3, -0.25) is 0 Å². The summed E-state index contributed by atoms with van der Waals surface area (Å²) in [4.78, 5) is 9.93. The van der Waals surface area contributed by atoms with E-state index < -0.39 is 0 Å². The molecule has 2 nitrogen and oxygen atoms in total. The quantitative estimate of drug-likeness (QED) is 0.143. The van der Waals surface area contributed by atoms with Crippen molar-refractivity contribution in [2.45, 2.75) is 0 Å². The zero-order valence-corrected chi connectivity index (χ0v) is 34.0. The Morgan fingerprint density at radius 2 is 0.500 bits per heavy atom. The lowest BCUT2D eigenvalue weighted by Gasteiger charge is -2.21. The van der Waals surface area contributed by atoms with Gasteiger partial charge in [0.15, 0.2) is 5.82 Å². The molecule has 1 heterocycles. The average molecular weight is 789 g/mol. The van der Waals surface area contributed by atoms with E-state index in [-0.39, 0.29) is 0 Å². The molecule has 11 rings (SSSR count). The van der Waals surface area contributed by atoms with E-state index in [0.29, 0.717) is 5.82 Å². The first-order chi connectivity index (χ1) is 30.7. The third kappa shape index (κ3) is 7.04. The van der Waals surface area contributed by atoms with Gasteiger partial charge in [0.25, 0.3) is 0 Å². The molecule has 0 saturated carbocycles. The predicted octanol–water partition coefficient (Wildman–Crippen LogP) is 16.1. The van der Waals surface area contributed by atoms with Crippen LogP contribution in [0.1, 0.15) is 0 Å². The highest BCUT2D eigenvalue weighted by Crippen LogP contribution is 2.47. The van der Waals surface area contributed by atoms with Crippen molar-refractivity contribution >= 4 is 21.5 Å². The summed E-state index contributed by atoms with van der Waals surface area (Å²) in [5.74, 6) is 0.688. The molecule has 0 amide bonds. The van der Waals surface area contributed by atoms with E-state index in [2.05, 4.69) is 212 Å². The third-order valence-corrected chi connectivity index (χ3v) is 11.9. The summed E-state index contributed by atoms with van der Waals surface area (Å²) < 4.78 is 0. The number of fused-ring (bicyclic) bond motifs is 2. The molecular formula is C60H40N2. The fourth-order valence-corrected chi connectivity index (χ4v) is 8.93. The van der Waals surface area contributed by atoms with Crippen LogP contribution in [0.4, 0.5) is 0 Å². The minimum atomic E-state index is 0.688. The maximum atomic E-state index is 4.96. The summed E-state index contributed by atoms with van der Waals surface area (Å²) >= 11 is 0. The lowest BCUT2D eigenvalue weighted by Crippen LogP contribution is -1.95. The van der Waals surface area contributed by atoms with E-state index in [4.69, 9.17) is 9.97 Å². The normalized spacial score (nSPS) is 11.2. The Morgan fingerprint density at radius 1 is 0.194 bits per heavy atom. The predicted molar refractivity (Wildman–Crippen MR) is 261 cm³/mol. The molecule has 0 bridgehead atoms. The van der Waals surface area contributed by atoms with Gasteiger partial charge >= 0.3 is 0 Å². The van der Waals surface area contributed by atoms with Crippen LogP contribution in [0.15, 0.2) is 243 Å². The molecule has 1 aromatic heterocycles. The second-order valence-electron chi connectivity index (χ2n) is 15.8. The van der Waals surface area contributed by atoms with Crippen molar-refractivity contribution in [3.63, 3.8) is 0 Å². The van der Waals surface area contributed by atoms with Gasteiger partial charge in [-0.2, -0.15) is 0 Å². The Kier molecular flexibility index (Phi) is 9.57. The number of nitrogens with zero attached hydrogens (tertiary/aromatic N) is 2. The summed E-state index contributed by atoms with van der Waals surface area (Å²) in [6, 6.07) is 83.0. The van der Waals surface area contributed by atoms with Crippen molar-refractivity contribution in [1.82, 2.24) is 9.97 Å². The molecule has 0 aliphatic rings. The molecular weight excluding hydrogens is 749 g/mol. The third-order valence-electron chi connectivity index (χ3n) is 11.9. The summed E-state index contributed by atoms with van der Waals surface area (Å²) in [6.07, 6.45) is 3.87. The Labute approximate surface area is 362 Å². The van der Waals surface area contributed by atoms with Crippen LogP contribution in [0, 0.1) is 0 Å². The first kappa shape index (κ1) is 36.8. The van der Waals surface area contributed by atoms with Gasteiger partial charge in [0, 0.05) is 23.5 Å². The van der Waals surface area contributed by atoms with E-state index in [9.17, 15) is 0 Å². The Hall–Kier alpha value is -8.20. The van der Waals surface area contributed by atoms with Gasteiger partial charge in [-0.05, 0) is 136 Å². The molecule has 62 heavy (non-hydrogen) atoms. The van der Waals surface area contributed by atoms with Crippen LogP contribution >= 0.6 is 0 Å². The number of hydrogen-bond donors (Lipinski definition) is 0. The van der Waals surface area contributed by atoms with Gasteiger partial charge in [-0.15, -0.1) is 0 Å². The molecule has 0 fully saturated rings. The molecule has 0 unspecified atom stereocenters. The maximum absolute atomic E-state index is 4.96. The summed E-state index contributed by atoms with van der Waals surface area (Å²) in [6.45, 7) is 0. The number of rotatable bonds is 8. The first-order valence-corrected chi connectivity index (χ1v) is 21.1. The molecule has 0 spiro atoms. The molecule has 2 heteroatoms. The largest absolute Gasteiger partial charge is 0.236 e. The monoisotopic (exact) mass is 788 g/mol. The topological polar surface area (TPSA) is 25.8 Å². The van der Waals surface area contributed by atoms with Crippen LogP contribution in [0.25, 0.3) is 111 Å². The molecule has 10 aromatic carbocycles. The second-order valence-corrected chi connectivity index (χ2v) is 15.8. The van der Waals surface area contributed by atoms with E-state index in [1.165, 1.54) is 71.8 Å². The average Bonchev–Trinajstić information content (AvgIpc) is 3.36. The van der Waals surface area contributed by atoms with Crippen molar-refractivity contribution < 1.29 is 0 Å². The molecule has 0 radical (unpaired) electrons. The minimum absolute atomic E-state index is 0.688. The smallest absolute Gasteiger partial charge is 0.159 e. The molecule has 0 aliphatic heterocycles. The molecule has 290 valence electrons. The van der Waals surface area contributed by atoms with E-state index >= 15 is 0 Å². The van der Waals surface area contributed by atoms with Crippen molar-refractivity contribution in [2.24, 2.45) is 0 Å². The number of hydrogen-bond acceptors (Lipinski definition) is 2. The van der Waals surface area contributed by atoms with Crippen LogP contribution in [-0.4, -0.2) is 9.97 Å². The van der Waals surface area contributed by atoms with E-state index in [0.717, 1.165) is 33.2 Å². The highest BCUT2D eigenvalue weighted by molar-refractivity contribution is 6.22. The van der Waals surface area contributed by atoms with Crippen molar-refractivity contribution in [1.29, 1.82) is 0 Å². The molecule has 0 atom stereocenters. The summed E-state index contributed by atoms with van der Waals surface area (Å²) in [5.41, 5.74) is 17.1. The van der Waals surface area contributed by atoms with Crippen LogP contribution < -0.4 is 0 Å². The van der Waals surface area contributed by atoms with Crippen molar-refractivity contribution in [3.05, 3.63) is 243 Å². The Bertz CT molecular complexity index is 3230. The summed E-state index contributed by atoms with van der Waals surface area (Å²) in [7, 11) is 0. The standard InChI is InChI=1S/C60H40N2/c1-6-18-41(19-7-1)47-32-48(42-20-8-2-9-21-42)35-51(34-47)58-54-28-16-17-29-55(54)59(52-36-49(43-22-10-3-11-23-43)33-50(37-52)44-24-12-4-13-25-44)57-38-46(30-31-56(57)58)60-61-39-53(40-62-60)45-26-14-5-15-27-45/h1-40H.